The second-order valence-electron chi connectivity index (χ2n) is 7.98. The maximum atomic E-state index is 5.51. The average Bonchev–Trinajstić information content (AvgIpc) is 2.81. The summed E-state index contributed by atoms with van der Waals surface area (Å²) in [5, 5.41) is 7.33. The van der Waals surface area contributed by atoms with Crippen molar-refractivity contribution < 1.29 is 4.74 Å². The van der Waals surface area contributed by atoms with Crippen LogP contribution < -0.4 is 15.5 Å². The maximum Gasteiger partial charge on any atom is 0.115 e. The molecule has 8 heteroatoms. The van der Waals surface area contributed by atoms with Crippen LogP contribution in [0.15, 0.2) is 43.2 Å². The summed E-state index contributed by atoms with van der Waals surface area (Å²) in [5.74, 6) is 0. The summed E-state index contributed by atoms with van der Waals surface area (Å²) in [6.45, 7) is 3.35. The lowest BCUT2D eigenvalue weighted by atomic mass is 9.91. The molecule has 0 radical (unpaired) electrons. The van der Waals surface area contributed by atoms with Crippen molar-refractivity contribution in [2.24, 2.45) is 0 Å². The lowest BCUT2D eigenvalue weighted by Crippen LogP contribution is -2.36. The molecule has 2 N–H and O–H groups in total. The van der Waals surface area contributed by atoms with Crippen LogP contribution in [0.25, 0.3) is 11.0 Å². The van der Waals surface area contributed by atoms with Gasteiger partial charge in [0.25, 0.3) is 0 Å². The highest BCUT2D eigenvalue weighted by atomic mass is 16.5. The van der Waals surface area contributed by atoms with E-state index in [1.807, 2.05) is 12.4 Å². The fraction of sp³-hybridized carbons (Fsp3) is 0.455. The molecule has 1 aliphatic carbocycles. The molecular formula is C22H27N7O. The van der Waals surface area contributed by atoms with E-state index in [-0.39, 0.29) is 0 Å². The molecule has 0 bridgehead atoms. The van der Waals surface area contributed by atoms with Crippen LogP contribution in [0.1, 0.15) is 25.7 Å². The summed E-state index contributed by atoms with van der Waals surface area (Å²) in [6, 6.07) is 5.26. The Bertz CT molecular complexity index is 970. The molecule has 5 rings (SSSR count). The van der Waals surface area contributed by atoms with Crippen LogP contribution >= 0.6 is 0 Å². The largest absolute Gasteiger partial charge is 0.380 e. The summed E-state index contributed by atoms with van der Waals surface area (Å²) in [6.07, 6.45) is 13.2. The number of nitrogens with zero attached hydrogens (tertiary/aromatic N) is 5. The van der Waals surface area contributed by atoms with E-state index in [1.54, 1.807) is 18.7 Å². The van der Waals surface area contributed by atoms with Crippen molar-refractivity contribution in [3.8, 4) is 0 Å². The minimum absolute atomic E-state index is 0.431. The molecule has 1 aromatic carbocycles. The number of hydrogen-bond acceptors (Lipinski definition) is 8. The molecule has 2 aromatic heterocycles. The Hall–Kier alpha value is -3.00. The molecule has 0 unspecified atom stereocenters. The average molecular weight is 406 g/mol. The predicted molar refractivity (Wildman–Crippen MR) is 118 cm³/mol. The summed E-state index contributed by atoms with van der Waals surface area (Å²) < 4.78 is 5.51. The Kier molecular flexibility index (Phi) is 5.56. The molecule has 0 amide bonds. The van der Waals surface area contributed by atoms with Gasteiger partial charge in [0.1, 0.15) is 11.8 Å². The van der Waals surface area contributed by atoms with Gasteiger partial charge in [0.05, 0.1) is 42.5 Å². The Balaban J connectivity index is 1.29. The van der Waals surface area contributed by atoms with Crippen LogP contribution in [-0.4, -0.2) is 58.3 Å². The first-order chi connectivity index (χ1) is 14.8. The summed E-state index contributed by atoms with van der Waals surface area (Å²) in [4.78, 5) is 19.7. The molecule has 3 aromatic rings. The van der Waals surface area contributed by atoms with Crippen LogP contribution in [-0.2, 0) is 4.74 Å². The fourth-order valence-electron chi connectivity index (χ4n) is 4.39. The first-order valence-corrected chi connectivity index (χ1v) is 10.7. The lowest BCUT2D eigenvalue weighted by Gasteiger charge is -2.32. The number of morpholine rings is 1. The van der Waals surface area contributed by atoms with E-state index < -0.39 is 0 Å². The first kappa shape index (κ1) is 19.0. The topological polar surface area (TPSA) is 88.1 Å². The van der Waals surface area contributed by atoms with E-state index in [1.165, 1.54) is 5.69 Å². The van der Waals surface area contributed by atoms with Gasteiger partial charge in [-0.1, -0.05) is 0 Å². The summed E-state index contributed by atoms with van der Waals surface area (Å²) >= 11 is 0. The van der Waals surface area contributed by atoms with Crippen LogP contribution in [0, 0.1) is 0 Å². The van der Waals surface area contributed by atoms with Gasteiger partial charge in [-0.05, 0) is 37.8 Å². The molecule has 1 aliphatic heterocycles. The Morgan fingerprint density at radius 2 is 1.57 bits per heavy atom. The summed E-state index contributed by atoms with van der Waals surface area (Å²) in [7, 11) is 0. The zero-order chi connectivity index (χ0) is 20.2. The monoisotopic (exact) mass is 405 g/mol. The molecule has 156 valence electrons. The fourth-order valence-corrected chi connectivity index (χ4v) is 4.39. The number of aromatic nitrogens is 4. The van der Waals surface area contributed by atoms with Gasteiger partial charge in [-0.2, -0.15) is 0 Å². The predicted octanol–water partition coefficient (Wildman–Crippen LogP) is 3.09. The minimum atomic E-state index is 0.431. The van der Waals surface area contributed by atoms with Crippen molar-refractivity contribution in [2.75, 3.05) is 41.8 Å². The smallest absolute Gasteiger partial charge is 0.115 e. The lowest BCUT2D eigenvalue weighted by molar-refractivity contribution is 0.122. The second-order valence-corrected chi connectivity index (χ2v) is 7.98. The standard InChI is InChI=1S/C22H27N7O/c1-3-17(4-2-16(1)27-18-13-23-15-24-14-18)28-21-12-19(29-7-9-30-10-8-29)11-20-22(21)26-6-5-25-20/h5-6,11-17,27-28H,1-4,7-10H2. The number of fused-ring (bicyclic) bond motifs is 1. The van der Waals surface area contributed by atoms with Crippen LogP contribution in [0.4, 0.5) is 17.1 Å². The van der Waals surface area contributed by atoms with Gasteiger partial charge in [0.15, 0.2) is 0 Å². The third-order valence-electron chi connectivity index (χ3n) is 5.95. The molecule has 2 aliphatic rings. The number of benzene rings is 1. The van der Waals surface area contributed by atoms with E-state index in [2.05, 4.69) is 47.6 Å². The van der Waals surface area contributed by atoms with E-state index in [0.29, 0.717) is 12.1 Å². The SMILES string of the molecule is c1ncc(NC2CCC(Nc3cc(N4CCOCC4)cc4nccnc34)CC2)cn1. The highest BCUT2D eigenvalue weighted by molar-refractivity contribution is 5.91. The molecule has 1 saturated heterocycles. The Labute approximate surface area is 176 Å². The van der Waals surface area contributed by atoms with Crippen LogP contribution in [0.2, 0.25) is 0 Å². The van der Waals surface area contributed by atoms with Crippen molar-refractivity contribution in [3.05, 3.63) is 43.2 Å². The molecule has 0 atom stereocenters. The third-order valence-corrected chi connectivity index (χ3v) is 5.95. The van der Waals surface area contributed by atoms with Gasteiger partial charge in [0.2, 0.25) is 0 Å². The molecular weight excluding hydrogens is 378 g/mol. The normalized spacial score (nSPS) is 22.1. The van der Waals surface area contributed by atoms with Gasteiger partial charge < -0.3 is 20.3 Å². The maximum absolute atomic E-state index is 5.51. The number of ether oxygens (including phenoxy) is 1. The van der Waals surface area contributed by atoms with Gasteiger partial charge in [-0.25, -0.2) is 9.97 Å². The molecule has 0 spiro atoms. The van der Waals surface area contributed by atoms with Gasteiger partial charge in [-0.15, -0.1) is 0 Å². The second kappa shape index (κ2) is 8.79. The van der Waals surface area contributed by atoms with E-state index in [9.17, 15) is 0 Å². The van der Waals surface area contributed by atoms with Crippen molar-refractivity contribution in [1.82, 2.24) is 19.9 Å². The highest BCUT2D eigenvalue weighted by Crippen LogP contribution is 2.31. The zero-order valence-corrected chi connectivity index (χ0v) is 17.0. The van der Waals surface area contributed by atoms with E-state index >= 15 is 0 Å². The van der Waals surface area contributed by atoms with E-state index in [0.717, 1.165) is 74.4 Å². The van der Waals surface area contributed by atoms with Gasteiger partial charge in [0, 0.05) is 43.3 Å². The number of rotatable bonds is 5. The Morgan fingerprint density at radius 3 is 2.33 bits per heavy atom. The van der Waals surface area contributed by atoms with Gasteiger partial charge >= 0.3 is 0 Å². The number of anilines is 3. The van der Waals surface area contributed by atoms with Crippen LogP contribution in [0.5, 0.6) is 0 Å². The third kappa shape index (κ3) is 4.28. The molecule has 3 heterocycles. The summed E-state index contributed by atoms with van der Waals surface area (Å²) in [5.41, 5.74) is 5.14. The van der Waals surface area contributed by atoms with Crippen molar-refractivity contribution in [1.29, 1.82) is 0 Å². The molecule has 2 fully saturated rings. The quantitative estimate of drug-likeness (QED) is 0.670. The van der Waals surface area contributed by atoms with Crippen molar-refractivity contribution in [2.45, 2.75) is 37.8 Å². The molecule has 1 saturated carbocycles. The first-order valence-electron chi connectivity index (χ1n) is 10.7. The number of hydrogen-bond donors (Lipinski definition) is 2. The Morgan fingerprint density at radius 1 is 0.867 bits per heavy atom. The zero-order valence-electron chi connectivity index (χ0n) is 17.0. The van der Waals surface area contributed by atoms with E-state index in [4.69, 9.17) is 4.74 Å². The molecule has 8 nitrogen and oxygen atoms in total. The number of nitrogens with one attached hydrogen (secondary N) is 2. The van der Waals surface area contributed by atoms with Crippen molar-refractivity contribution >= 4 is 28.1 Å². The van der Waals surface area contributed by atoms with Crippen LogP contribution in [0.3, 0.4) is 0 Å². The molecule has 30 heavy (non-hydrogen) atoms. The van der Waals surface area contributed by atoms with Gasteiger partial charge in [-0.3, -0.25) is 9.97 Å². The van der Waals surface area contributed by atoms with Crippen molar-refractivity contribution in [3.63, 3.8) is 0 Å². The minimum Gasteiger partial charge on any atom is -0.380 e. The highest BCUT2D eigenvalue weighted by Gasteiger charge is 2.23.